The Morgan fingerprint density at radius 3 is 2.57 bits per heavy atom. The molecule has 118 valence electrons. The number of hydrogen-bond acceptors (Lipinski definition) is 5. The largest absolute Gasteiger partial charge is 0.382 e. The third-order valence-corrected chi connectivity index (χ3v) is 3.60. The molecular weight excluding hydrogens is 303 g/mol. The van der Waals surface area contributed by atoms with Gasteiger partial charge in [-0.1, -0.05) is 0 Å². The SMILES string of the molecule is COCC(CNC(=O)c1ccc(S(N)(=O)=O)cc1F)OC. The van der Waals surface area contributed by atoms with Crippen LogP contribution in [-0.2, 0) is 19.5 Å². The molecule has 1 amide bonds. The Kier molecular flexibility index (Phi) is 6.21. The summed E-state index contributed by atoms with van der Waals surface area (Å²) in [6.45, 7) is 0.392. The van der Waals surface area contributed by atoms with Gasteiger partial charge in [-0.05, 0) is 18.2 Å². The Morgan fingerprint density at radius 2 is 2.10 bits per heavy atom. The third kappa shape index (κ3) is 5.05. The smallest absolute Gasteiger partial charge is 0.254 e. The second kappa shape index (κ2) is 7.46. The molecule has 0 heterocycles. The highest BCUT2D eigenvalue weighted by atomic mass is 32.2. The molecule has 1 aromatic rings. The maximum Gasteiger partial charge on any atom is 0.254 e. The first-order chi connectivity index (χ1) is 9.79. The predicted molar refractivity (Wildman–Crippen MR) is 72.8 cm³/mol. The van der Waals surface area contributed by atoms with Crippen LogP contribution in [0.5, 0.6) is 0 Å². The number of carbonyl (C=O) groups is 1. The molecule has 0 aromatic heterocycles. The van der Waals surface area contributed by atoms with Crippen molar-refractivity contribution in [2.45, 2.75) is 11.0 Å². The summed E-state index contributed by atoms with van der Waals surface area (Å²) in [6.07, 6.45) is -0.370. The number of nitrogens with two attached hydrogens (primary N) is 1. The fourth-order valence-electron chi connectivity index (χ4n) is 1.55. The molecule has 0 aliphatic rings. The van der Waals surface area contributed by atoms with Crippen LogP contribution in [0.3, 0.4) is 0 Å². The van der Waals surface area contributed by atoms with E-state index in [0.29, 0.717) is 6.07 Å². The highest BCUT2D eigenvalue weighted by molar-refractivity contribution is 7.89. The lowest BCUT2D eigenvalue weighted by Crippen LogP contribution is -2.36. The summed E-state index contributed by atoms with van der Waals surface area (Å²) >= 11 is 0. The molecule has 1 unspecified atom stereocenters. The summed E-state index contributed by atoms with van der Waals surface area (Å²) in [5, 5.41) is 7.35. The van der Waals surface area contributed by atoms with Gasteiger partial charge in [-0.3, -0.25) is 4.79 Å². The number of ether oxygens (including phenoxy) is 2. The minimum Gasteiger partial charge on any atom is -0.382 e. The Balaban J connectivity index is 2.80. The van der Waals surface area contributed by atoms with Gasteiger partial charge in [-0.15, -0.1) is 0 Å². The van der Waals surface area contributed by atoms with Crippen molar-refractivity contribution in [1.29, 1.82) is 0 Å². The molecule has 3 N–H and O–H groups in total. The number of sulfonamides is 1. The molecule has 0 aliphatic carbocycles. The van der Waals surface area contributed by atoms with Crippen molar-refractivity contribution in [1.82, 2.24) is 5.32 Å². The predicted octanol–water partition coefficient (Wildman–Crippen LogP) is -0.136. The summed E-state index contributed by atoms with van der Waals surface area (Å²) < 4.78 is 45.8. The zero-order valence-electron chi connectivity index (χ0n) is 11.6. The number of rotatable bonds is 7. The molecule has 0 fully saturated rings. The number of halogens is 1. The quantitative estimate of drug-likeness (QED) is 0.727. The van der Waals surface area contributed by atoms with Gasteiger partial charge in [0.2, 0.25) is 10.0 Å². The van der Waals surface area contributed by atoms with E-state index in [1.165, 1.54) is 14.2 Å². The van der Waals surface area contributed by atoms with E-state index in [4.69, 9.17) is 14.6 Å². The molecule has 1 aromatic carbocycles. The van der Waals surface area contributed by atoms with Crippen LogP contribution in [0.4, 0.5) is 4.39 Å². The van der Waals surface area contributed by atoms with Crippen LogP contribution >= 0.6 is 0 Å². The Bertz CT molecular complexity index is 606. The van der Waals surface area contributed by atoms with Gasteiger partial charge >= 0.3 is 0 Å². The van der Waals surface area contributed by atoms with Gasteiger partial charge in [0.1, 0.15) is 5.82 Å². The third-order valence-electron chi connectivity index (χ3n) is 2.69. The molecule has 7 nitrogen and oxygen atoms in total. The van der Waals surface area contributed by atoms with E-state index < -0.39 is 26.6 Å². The van der Waals surface area contributed by atoms with Gasteiger partial charge in [0.25, 0.3) is 5.91 Å². The van der Waals surface area contributed by atoms with Crippen LogP contribution in [0.15, 0.2) is 23.1 Å². The van der Waals surface area contributed by atoms with Crippen LogP contribution in [0.25, 0.3) is 0 Å². The van der Waals surface area contributed by atoms with E-state index in [-0.39, 0.29) is 24.8 Å². The average molecular weight is 320 g/mol. The van der Waals surface area contributed by atoms with Crippen molar-refractivity contribution in [3.05, 3.63) is 29.6 Å². The lowest BCUT2D eigenvalue weighted by molar-refractivity contribution is 0.0285. The number of carbonyl (C=O) groups excluding carboxylic acids is 1. The van der Waals surface area contributed by atoms with Crippen LogP contribution in [0, 0.1) is 5.82 Å². The Morgan fingerprint density at radius 1 is 1.43 bits per heavy atom. The second-order valence-corrected chi connectivity index (χ2v) is 5.77. The van der Waals surface area contributed by atoms with Gasteiger partial charge in [0.05, 0.1) is 23.2 Å². The normalized spacial score (nSPS) is 13.0. The highest BCUT2D eigenvalue weighted by Gasteiger charge is 2.17. The number of primary sulfonamides is 1. The molecule has 1 atom stereocenters. The van der Waals surface area contributed by atoms with Gasteiger partial charge in [-0.25, -0.2) is 17.9 Å². The van der Waals surface area contributed by atoms with Crippen LogP contribution < -0.4 is 10.5 Å². The van der Waals surface area contributed by atoms with Gasteiger partial charge in [0.15, 0.2) is 0 Å². The molecule has 0 saturated carbocycles. The van der Waals surface area contributed by atoms with E-state index in [1.54, 1.807) is 0 Å². The fraction of sp³-hybridized carbons (Fsp3) is 0.417. The zero-order chi connectivity index (χ0) is 16.0. The lowest BCUT2D eigenvalue weighted by Gasteiger charge is -2.15. The van der Waals surface area contributed by atoms with Gasteiger partial charge < -0.3 is 14.8 Å². The molecule has 21 heavy (non-hydrogen) atoms. The van der Waals surface area contributed by atoms with Crippen molar-refractivity contribution in [3.63, 3.8) is 0 Å². The molecule has 1 rings (SSSR count). The lowest BCUT2D eigenvalue weighted by atomic mass is 10.2. The first kappa shape index (κ1) is 17.5. The fourth-order valence-corrected chi connectivity index (χ4v) is 2.08. The number of hydrogen-bond donors (Lipinski definition) is 2. The molecule has 0 aliphatic heterocycles. The summed E-state index contributed by atoms with van der Waals surface area (Å²) in [5.74, 6) is -1.66. The maximum atomic E-state index is 13.7. The van der Waals surface area contributed by atoms with Crippen molar-refractivity contribution in [2.75, 3.05) is 27.4 Å². The van der Waals surface area contributed by atoms with Crippen molar-refractivity contribution >= 4 is 15.9 Å². The summed E-state index contributed by atoms with van der Waals surface area (Å²) in [7, 11) is -1.07. The Hall–Kier alpha value is -1.55. The van der Waals surface area contributed by atoms with E-state index >= 15 is 0 Å². The zero-order valence-corrected chi connectivity index (χ0v) is 12.4. The van der Waals surface area contributed by atoms with Gasteiger partial charge in [-0.2, -0.15) is 0 Å². The number of amides is 1. The number of methoxy groups -OCH3 is 2. The monoisotopic (exact) mass is 320 g/mol. The van der Waals surface area contributed by atoms with Gasteiger partial charge in [0, 0.05) is 20.8 Å². The summed E-state index contributed by atoms with van der Waals surface area (Å²) in [4.78, 5) is 11.4. The van der Waals surface area contributed by atoms with Crippen molar-refractivity contribution < 1.29 is 27.1 Å². The van der Waals surface area contributed by atoms with E-state index in [1.807, 2.05) is 0 Å². The van der Waals surface area contributed by atoms with Crippen LogP contribution in [0.2, 0.25) is 0 Å². The van der Waals surface area contributed by atoms with E-state index in [0.717, 1.165) is 12.1 Å². The standard InChI is InChI=1S/C12H17FN2O5S/c1-19-7-8(20-2)6-15-12(16)10-4-3-9(5-11(10)13)21(14,17)18/h3-5,8H,6-7H2,1-2H3,(H,15,16)(H2,14,17,18). The minimum atomic E-state index is -4.01. The second-order valence-electron chi connectivity index (χ2n) is 4.21. The molecular formula is C12H17FN2O5S. The highest BCUT2D eigenvalue weighted by Crippen LogP contribution is 2.13. The van der Waals surface area contributed by atoms with Crippen LogP contribution in [-0.4, -0.2) is 47.8 Å². The maximum absolute atomic E-state index is 13.7. The topological polar surface area (TPSA) is 108 Å². The summed E-state index contributed by atoms with van der Waals surface area (Å²) in [6, 6.07) is 2.83. The van der Waals surface area contributed by atoms with Crippen molar-refractivity contribution in [2.24, 2.45) is 5.14 Å². The molecule has 9 heteroatoms. The summed E-state index contributed by atoms with van der Waals surface area (Å²) in [5.41, 5.74) is -0.283. The molecule has 0 bridgehead atoms. The molecule has 0 spiro atoms. The Labute approximate surface area is 122 Å². The first-order valence-electron chi connectivity index (χ1n) is 5.92. The molecule has 0 saturated heterocycles. The van der Waals surface area contributed by atoms with E-state index in [9.17, 15) is 17.6 Å². The average Bonchev–Trinajstić information content (AvgIpc) is 2.41. The van der Waals surface area contributed by atoms with E-state index in [2.05, 4.69) is 5.32 Å². The molecule has 0 radical (unpaired) electrons. The van der Waals surface area contributed by atoms with Crippen LogP contribution in [0.1, 0.15) is 10.4 Å². The minimum absolute atomic E-state index is 0.125. The first-order valence-corrected chi connectivity index (χ1v) is 7.46. The number of nitrogens with one attached hydrogen (secondary N) is 1. The number of benzene rings is 1. The van der Waals surface area contributed by atoms with Crippen molar-refractivity contribution in [3.8, 4) is 0 Å².